The lowest BCUT2D eigenvalue weighted by atomic mass is 9.95. The van der Waals surface area contributed by atoms with Gasteiger partial charge in [0.05, 0.1) is 11.9 Å². The molecule has 7 nitrogen and oxygen atoms in total. The number of sulfonamides is 1. The van der Waals surface area contributed by atoms with Crippen LogP contribution in [0.3, 0.4) is 0 Å². The maximum atomic E-state index is 13.6. The zero-order valence-electron chi connectivity index (χ0n) is 19.9. The van der Waals surface area contributed by atoms with Crippen molar-refractivity contribution in [2.75, 3.05) is 17.1 Å². The van der Waals surface area contributed by atoms with E-state index in [4.69, 9.17) is 0 Å². The number of nitrogens with one attached hydrogen (secondary N) is 1. The summed E-state index contributed by atoms with van der Waals surface area (Å²) in [6, 6.07) is 13.5. The first-order valence-corrected chi connectivity index (χ1v) is 15.1. The number of halogens is 2. The van der Waals surface area contributed by atoms with E-state index in [1.165, 1.54) is 11.3 Å². The normalized spacial score (nSPS) is 15.3. The van der Waals surface area contributed by atoms with Crippen molar-refractivity contribution in [2.24, 2.45) is 0 Å². The molecule has 3 rings (SSSR count). The van der Waals surface area contributed by atoms with Gasteiger partial charge in [-0.25, -0.2) is 8.42 Å². The van der Waals surface area contributed by atoms with Crippen LogP contribution in [-0.2, 0) is 26.2 Å². The van der Waals surface area contributed by atoms with Gasteiger partial charge in [0, 0.05) is 21.5 Å². The van der Waals surface area contributed by atoms with Crippen LogP contribution in [0.5, 0.6) is 0 Å². The van der Waals surface area contributed by atoms with Gasteiger partial charge >= 0.3 is 0 Å². The highest BCUT2D eigenvalue weighted by molar-refractivity contribution is 9.10. The minimum atomic E-state index is -3.74. The van der Waals surface area contributed by atoms with Crippen molar-refractivity contribution in [3.8, 4) is 0 Å². The van der Waals surface area contributed by atoms with Gasteiger partial charge in [-0.05, 0) is 61.7 Å². The molecule has 10 heteroatoms. The molecule has 0 radical (unpaired) electrons. The third-order valence-corrected chi connectivity index (χ3v) is 8.38. The van der Waals surface area contributed by atoms with Crippen LogP contribution < -0.4 is 9.62 Å². The van der Waals surface area contributed by atoms with Crippen LogP contribution in [0.4, 0.5) is 5.69 Å². The number of carbonyl (C=O) groups excluding carboxylic acids is 2. The van der Waals surface area contributed by atoms with Crippen LogP contribution in [0.1, 0.15) is 44.6 Å². The van der Waals surface area contributed by atoms with E-state index in [9.17, 15) is 18.0 Å². The maximum absolute atomic E-state index is 13.6. The predicted molar refractivity (Wildman–Crippen MR) is 146 cm³/mol. The molecule has 0 heterocycles. The van der Waals surface area contributed by atoms with Gasteiger partial charge in [0.25, 0.3) is 0 Å². The average Bonchev–Trinajstić information content (AvgIpc) is 2.82. The average molecular weight is 629 g/mol. The summed E-state index contributed by atoms with van der Waals surface area (Å²) < 4.78 is 28.0. The number of nitrogens with zero attached hydrogens (tertiary/aromatic N) is 2. The fourth-order valence-electron chi connectivity index (χ4n) is 4.16. The molecule has 1 fully saturated rings. The summed E-state index contributed by atoms with van der Waals surface area (Å²) in [7, 11) is -3.74. The summed E-state index contributed by atoms with van der Waals surface area (Å²) in [6.45, 7) is 1.47. The minimum Gasteiger partial charge on any atom is -0.352 e. The summed E-state index contributed by atoms with van der Waals surface area (Å²) in [5.41, 5.74) is 1.22. The lowest BCUT2D eigenvalue weighted by Gasteiger charge is -2.33. The highest BCUT2D eigenvalue weighted by atomic mass is 79.9. The minimum absolute atomic E-state index is 0.110. The number of carbonyl (C=O) groups is 2. The Hall–Kier alpha value is -1.91. The molecule has 1 N–H and O–H groups in total. The van der Waals surface area contributed by atoms with Crippen LogP contribution in [0, 0.1) is 0 Å². The van der Waals surface area contributed by atoms with Crippen LogP contribution in [0.25, 0.3) is 0 Å². The molecule has 1 aliphatic carbocycles. The van der Waals surface area contributed by atoms with Crippen LogP contribution >= 0.6 is 31.9 Å². The molecule has 0 saturated heterocycles. The lowest BCUT2D eigenvalue weighted by Crippen LogP contribution is -2.52. The molecule has 2 amide bonds. The number of amides is 2. The van der Waals surface area contributed by atoms with E-state index >= 15 is 0 Å². The molecule has 190 valence electrons. The second-order valence-electron chi connectivity index (χ2n) is 8.91. The van der Waals surface area contributed by atoms with E-state index in [0.717, 1.165) is 50.8 Å². The summed E-state index contributed by atoms with van der Waals surface area (Å²) in [5.74, 6) is -0.676. The quantitative estimate of drug-likeness (QED) is 0.430. The van der Waals surface area contributed by atoms with Crippen molar-refractivity contribution in [1.29, 1.82) is 0 Å². The smallest absolute Gasteiger partial charge is 0.244 e. The SMILES string of the molecule is C[C@@H](C(=O)NC1CCCCC1)N(Cc1ccc(Br)cc1)C(=O)CN(c1ccc(Br)cc1)S(C)(=O)=O. The second-order valence-corrected chi connectivity index (χ2v) is 12.7. The molecule has 1 saturated carbocycles. The van der Waals surface area contributed by atoms with E-state index in [1.807, 2.05) is 24.3 Å². The summed E-state index contributed by atoms with van der Waals surface area (Å²) in [5, 5.41) is 3.09. The molecule has 0 spiro atoms. The summed E-state index contributed by atoms with van der Waals surface area (Å²) in [6.07, 6.45) is 6.28. The Bertz CT molecular complexity index is 1120. The molecular weight excluding hydrogens is 598 g/mol. The largest absolute Gasteiger partial charge is 0.352 e. The Morgan fingerprint density at radius 1 is 0.971 bits per heavy atom. The molecule has 35 heavy (non-hydrogen) atoms. The Balaban J connectivity index is 1.85. The van der Waals surface area contributed by atoms with E-state index in [2.05, 4.69) is 37.2 Å². The Labute approximate surface area is 224 Å². The number of anilines is 1. The van der Waals surface area contributed by atoms with Gasteiger partial charge in [-0.3, -0.25) is 13.9 Å². The number of benzene rings is 2. The molecule has 0 unspecified atom stereocenters. The Morgan fingerprint density at radius 2 is 1.51 bits per heavy atom. The van der Waals surface area contributed by atoms with E-state index < -0.39 is 28.5 Å². The van der Waals surface area contributed by atoms with Gasteiger partial charge in [-0.2, -0.15) is 0 Å². The van der Waals surface area contributed by atoms with E-state index in [0.29, 0.717) is 5.69 Å². The molecular formula is C25H31Br2N3O4S. The van der Waals surface area contributed by atoms with Gasteiger partial charge in [-0.1, -0.05) is 63.3 Å². The Kier molecular flexibility index (Phi) is 9.77. The van der Waals surface area contributed by atoms with E-state index in [1.54, 1.807) is 31.2 Å². The standard InChI is InChI=1S/C25H31Br2N3O4S/c1-18(25(32)28-22-6-4-3-5-7-22)29(16-19-8-10-20(26)11-9-19)24(31)17-30(35(2,33)34)23-14-12-21(27)13-15-23/h8-15,18,22H,3-7,16-17H2,1-2H3,(H,28,32)/t18-/m0/s1. The fourth-order valence-corrected chi connectivity index (χ4v) is 5.54. The molecule has 0 aliphatic heterocycles. The van der Waals surface area contributed by atoms with Crippen molar-refractivity contribution in [1.82, 2.24) is 10.2 Å². The van der Waals surface area contributed by atoms with Crippen molar-refractivity contribution >= 4 is 59.4 Å². The molecule has 2 aromatic rings. The first kappa shape index (κ1) is 27.7. The van der Waals surface area contributed by atoms with Gasteiger partial charge < -0.3 is 10.2 Å². The first-order chi connectivity index (χ1) is 16.5. The van der Waals surface area contributed by atoms with E-state index in [-0.39, 0.29) is 18.5 Å². The topological polar surface area (TPSA) is 86.8 Å². The summed E-state index contributed by atoms with van der Waals surface area (Å²) >= 11 is 6.76. The number of hydrogen-bond donors (Lipinski definition) is 1. The predicted octanol–water partition coefficient (Wildman–Crippen LogP) is 4.84. The third-order valence-electron chi connectivity index (χ3n) is 6.18. The van der Waals surface area contributed by atoms with Gasteiger partial charge in [-0.15, -0.1) is 0 Å². The van der Waals surface area contributed by atoms with Crippen LogP contribution in [0.15, 0.2) is 57.5 Å². The van der Waals surface area contributed by atoms with Crippen molar-refractivity contribution in [3.63, 3.8) is 0 Å². The van der Waals surface area contributed by atoms with Gasteiger partial charge in [0.2, 0.25) is 21.8 Å². The molecule has 1 aliphatic rings. The first-order valence-electron chi connectivity index (χ1n) is 11.6. The summed E-state index contributed by atoms with van der Waals surface area (Å²) in [4.78, 5) is 28.2. The molecule has 0 bridgehead atoms. The highest BCUT2D eigenvalue weighted by Gasteiger charge is 2.31. The maximum Gasteiger partial charge on any atom is 0.244 e. The molecule has 0 aromatic heterocycles. The van der Waals surface area contributed by atoms with Gasteiger partial charge in [0.1, 0.15) is 12.6 Å². The third kappa shape index (κ3) is 8.05. The lowest BCUT2D eigenvalue weighted by molar-refractivity contribution is -0.139. The number of hydrogen-bond acceptors (Lipinski definition) is 4. The fraction of sp³-hybridized carbons (Fsp3) is 0.440. The van der Waals surface area contributed by atoms with Crippen LogP contribution in [-0.4, -0.2) is 50.0 Å². The zero-order chi connectivity index (χ0) is 25.6. The van der Waals surface area contributed by atoms with Crippen LogP contribution in [0.2, 0.25) is 0 Å². The molecule has 2 aromatic carbocycles. The van der Waals surface area contributed by atoms with Crippen molar-refractivity contribution in [2.45, 2.75) is 57.7 Å². The zero-order valence-corrected chi connectivity index (χ0v) is 23.9. The van der Waals surface area contributed by atoms with Crippen molar-refractivity contribution in [3.05, 3.63) is 63.0 Å². The van der Waals surface area contributed by atoms with Gasteiger partial charge in [0.15, 0.2) is 0 Å². The Morgan fingerprint density at radius 3 is 2.06 bits per heavy atom. The highest BCUT2D eigenvalue weighted by Crippen LogP contribution is 2.22. The molecule has 1 atom stereocenters. The second kappa shape index (κ2) is 12.4. The number of rotatable bonds is 9. The monoisotopic (exact) mass is 627 g/mol. The van der Waals surface area contributed by atoms with Crippen molar-refractivity contribution < 1.29 is 18.0 Å².